The van der Waals surface area contributed by atoms with Crippen molar-refractivity contribution in [2.75, 3.05) is 6.54 Å². The Morgan fingerprint density at radius 3 is 2.80 bits per heavy atom. The molecule has 5 nitrogen and oxygen atoms in total. The first-order valence-corrected chi connectivity index (χ1v) is 8.59. The zero-order valence-corrected chi connectivity index (χ0v) is 15.1. The van der Waals surface area contributed by atoms with Crippen LogP contribution in [0.5, 0.6) is 0 Å². The van der Waals surface area contributed by atoms with Gasteiger partial charge in [0.1, 0.15) is 0 Å². The molecule has 0 fully saturated rings. The number of amides is 1. The Morgan fingerprint density at radius 1 is 1.24 bits per heavy atom. The van der Waals surface area contributed by atoms with Gasteiger partial charge in [0.05, 0.1) is 16.8 Å². The minimum Gasteiger partial charge on any atom is -0.329 e. The van der Waals surface area contributed by atoms with E-state index >= 15 is 0 Å². The second-order valence-corrected chi connectivity index (χ2v) is 7.23. The molecular weight excluding hydrogens is 312 g/mol. The lowest BCUT2D eigenvalue weighted by molar-refractivity contribution is 0.0513. The number of fused-ring (bicyclic) bond motifs is 2. The molecule has 0 radical (unpaired) electrons. The molecule has 4 rings (SSSR count). The lowest BCUT2D eigenvalue weighted by Gasteiger charge is -2.44. The number of aromatic nitrogens is 3. The molecular formula is C20H22N4O. The quantitative estimate of drug-likeness (QED) is 0.687. The Balaban J connectivity index is 1.75. The Morgan fingerprint density at radius 2 is 2.00 bits per heavy atom. The van der Waals surface area contributed by atoms with E-state index in [0.29, 0.717) is 12.1 Å². The summed E-state index contributed by atoms with van der Waals surface area (Å²) in [5.41, 5.74) is 4.52. The minimum atomic E-state index is -0.342. The maximum atomic E-state index is 13.2. The van der Waals surface area contributed by atoms with Gasteiger partial charge in [0.2, 0.25) is 0 Å². The highest BCUT2D eigenvalue weighted by Gasteiger charge is 2.37. The second kappa shape index (κ2) is 5.41. The van der Waals surface area contributed by atoms with Gasteiger partial charge in [-0.15, -0.1) is 0 Å². The molecule has 0 atom stereocenters. The van der Waals surface area contributed by atoms with E-state index in [0.717, 1.165) is 23.1 Å². The van der Waals surface area contributed by atoms with Gasteiger partial charge in [-0.1, -0.05) is 24.3 Å². The maximum absolute atomic E-state index is 13.2. The van der Waals surface area contributed by atoms with E-state index < -0.39 is 0 Å². The first-order chi connectivity index (χ1) is 11.9. The molecule has 25 heavy (non-hydrogen) atoms. The molecule has 3 aromatic rings. The first-order valence-electron chi connectivity index (χ1n) is 8.59. The van der Waals surface area contributed by atoms with E-state index in [2.05, 4.69) is 42.1 Å². The largest absolute Gasteiger partial charge is 0.329 e. The molecule has 0 aliphatic carbocycles. The van der Waals surface area contributed by atoms with E-state index in [1.807, 2.05) is 31.0 Å². The van der Waals surface area contributed by atoms with Gasteiger partial charge in [-0.25, -0.2) is 4.98 Å². The van der Waals surface area contributed by atoms with E-state index in [-0.39, 0.29) is 11.4 Å². The standard InChI is InChI=1S/C20H22N4O/c1-13-16-11-15(12-21-18(16)23(4)22-13)19(25)24-10-9-14-7-5-6-8-17(14)20(24,2)3/h5-8,11-12H,9-10H2,1-4H3. The van der Waals surface area contributed by atoms with Crippen LogP contribution in [0.25, 0.3) is 11.0 Å². The number of carbonyl (C=O) groups excluding carboxylic acids is 1. The van der Waals surface area contributed by atoms with Crippen LogP contribution in [0.15, 0.2) is 36.5 Å². The number of nitrogens with zero attached hydrogens (tertiary/aromatic N) is 4. The van der Waals surface area contributed by atoms with E-state index in [1.165, 1.54) is 11.1 Å². The lowest BCUT2D eigenvalue weighted by Crippen LogP contribution is -2.49. The van der Waals surface area contributed by atoms with Crippen molar-refractivity contribution >= 4 is 16.9 Å². The first kappa shape index (κ1) is 15.8. The third kappa shape index (κ3) is 2.34. The van der Waals surface area contributed by atoms with E-state index in [1.54, 1.807) is 10.9 Å². The summed E-state index contributed by atoms with van der Waals surface area (Å²) in [4.78, 5) is 19.7. The molecule has 5 heteroatoms. The zero-order valence-electron chi connectivity index (χ0n) is 15.1. The number of benzene rings is 1. The molecule has 0 unspecified atom stereocenters. The number of pyridine rings is 1. The zero-order chi connectivity index (χ0) is 17.8. The maximum Gasteiger partial charge on any atom is 0.256 e. The highest BCUT2D eigenvalue weighted by Crippen LogP contribution is 2.36. The molecule has 0 saturated carbocycles. The van der Waals surface area contributed by atoms with Crippen molar-refractivity contribution in [3.05, 3.63) is 58.9 Å². The van der Waals surface area contributed by atoms with Gasteiger partial charge in [0.25, 0.3) is 5.91 Å². The van der Waals surface area contributed by atoms with Gasteiger partial charge in [0, 0.05) is 25.2 Å². The summed E-state index contributed by atoms with van der Waals surface area (Å²) >= 11 is 0. The van der Waals surface area contributed by atoms with Crippen LogP contribution in [-0.2, 0) is 19.0 Å². The summed E-state index contributed by atoms with van der Waals surface area (Å²) in [5.74, 6) is 0.0251. The number of aryl methyl sites for hydroxylation is 2. The third-order valence-electron chi connectivity index (χ3n) is 5.31. The Labute approximate surface area is 147 Å². The predicted molar refractivity (Wildman–Crippen MR) is 97.5 cm³/mol. The fraction of sp³-hybridized carbons (Fsp3) is 0.350. The van der Waals surface area contributed by atoms with Crippen molar-refractivity contribution in [3.63, 3.8) is 0 Å². The minimum absolute atomic E-state index is 0.0251. The van der Waals surface area contributed by atoms with Crippen LogP contribution >= 0.6 is 0 Å². The van der Waals surface area contributed by atoms with Crippen molar-refractivity contribution in [1.29, 1.82) is 0 Å². The summed E-state index contributed by atoms with van der Waals surface area (Å²) < 4.78 is 1.75. The van der Waals surface area contributed by atoms with Crippen molar-refractivity contribution in [2.24, 2.45) is 7.05 Å². The summed E-state index contributed by atoms with van der Waals surface area (Å²) in [6, 6.07) is 10.3. The second-order valence-electron chi connectivity index (χ2n) is 7.23. The fourth-order valence-corrected chi connectivity index (χ4v) is 3.93. The molecule has 1 aliphatic rings. The van der Waals surface area contributed by atoms with Gasteiger partial charge in [-0.3, -0.25) is 9.48 Å². The SMILES string of the molecule is Cc1nn(C)c2ncc(C(=O)N3CCc4ccccc4C3(C)C)cc12. The smallest absolute Gasteiger partial charge is 0.256 e. The highest BCUT2D eigenvalue weighted by atomic mass is 16.2. The van der Waals surface area contributed by atoms with E-state index in [4.69, 9.17) is 0 Å². The summed E-state index contributed by atoms with van der Waals surface area (Å²) in [5, 5.41) is 5.32. The van der Waals surface area contributed by atoms with Crippen molar-refractivity contribution in [3.8, 4) is 0 Å². The summed E-state index contributed by atoms with van der Waals surface area (Å²) in [6.07, 6.45) is 2.55. The van der Waals surface area contributed by atoms with Gasteiger partial charge < -0.3 is 4.90 Å². The Kier molecular flexibility index (Phi) is 3.42. The third-order valence-corrected chi connectivity index (χ3v) is 5.31. The van der Waals surface area contributed by atoms with Crippen LogP contribution in [0, 0.1) is 6.92 Å². The molecule has 1 amide bonds. The topological polar surface area (TPSA) is 51.0 Å². The van der Waals surface area contributed by atoms with Crippen LogP contribution in [0.3, 0.4) is 0 Å². The normalized spacial score (nSPS) is 16.1. The van der Waals surface area contributed by atoms with Gasteiger partial charge in [-0.2, -0.15) is 5.10 Å². The molecule has 3 heterocycles. The van der Waals surface area contributed by atoms with Crippen LogP contribution in [0.1, 0.15) is 41.0 Å². The summed E-state index contributed by atoms with van der Waals surface area (Å²) in [6.45, 7) is 6.89. The van der Waals surface area contributed by atoms with Crippen molar-refractivity contribution in [1.82, 2.24) is 19.7 Å². The monoisotopic (exact) mass is 334 g/mol. The van der Waals surface area contributed by atoms with Crippen molar-refractivity contribution in [2.45, 2.75) is 32.7 Å². The average molecular weight is 334 g/mol. The van der Waals surface area contributed by atoms with Crippen LogP contribution in [0.2, 0.25) is 0 Å². The van der Waals surface area contributed by atoms with Crippen LogP contribution in [0.4, 0.5) is 0 Å². The number of hydrogen-bond donors (Lipinski definition) is 0. The molecule has 0 N–H and O–H groups in total. The van der Waals surface area contributed by atoms with Crippen LogP contribution in [-0.4, -0.2) is 32.1 Å². The molecule has 0 spiro atoms. The molecule has 1 aromatic carbocycles. The molecule has 1 aliphatic heterocycles. The molecule has 0 saturated heterocycles. The average Bonchev–Trinajstić information content (AvgIpc) is 2.88. The molecule has 2 aromatic heterocycles. The lowest BCUT2D eigenvalue weighted by atomic mass is 9.83. The van der Waals surface area contributed by atoms with Gasteiger partial charge >= 0.3 is 0 Å². The highest BCUT2D eigenvalue weighted by molar-refractivity contribution is 5.98. The van der Waals surface area contributed by atoms with E-state index in [9.17, 15) is 4.79 Å². The number of hydrogen-bond acceptors (Lipinski definition) is 3. The van der Waals surface area contributed by atoms with Gasteiger partial charge in [0.15, 0.2) is 5.65 Å². The molecule has 0 bridgehead atoms. The number of carbonyl (C=O) groups is 1. The fourth-order valence-electron chi connectivity index (χ4n) is 3.93. The Bertz CT molecular complexity index is 987. The summed E-state index contributed by atoms with van der Waals surface area (Å²) in [7, 11) is 1.87. The van der Waals surface area contributed by atoms with Crippen LogP contribution < -0.4 is 0 Å². The predicted octanol–water partition coefficient (Wildman–Crippen LogP) is 3.21. The van der Waals surface area contributed by atoms with Crippen molar-refractivity contribution < 1.29 is 4.79 Å². The number of rotatable bonds is 1. The molecule has 128 valence electrons. The Hall–Kier alpha value is -2.69. The van der Waals surface area contributed by atoms with Gasteiger partial charge in [-0.05, 0) is 44.4 Å².